The first-order valence-electron chi connectivity index (χ1n) is 4.97. The van der Waals surface area contributed by atoms with E-state index < -0.39 is 0 Å². The van der Waals surface area contributed by atoms with Crippen molar-refractivity contribution in [1.29, 1.82) is 0 Å². The average Bonchev–Trinajstić information content (AvgIpc) is 2.78. The number of hydrogen-bond donors (Lipinski definition) is 1. The molecular formula is C12H7FN2OS. The number of H-pyrrole nitrogens is 1. The second kappa shape index (κ2) is 3.78. The molecule has 0 aliphatic heterocycles. The van der Waals surface area contributed by atoms with E-state index in [1.54, 1.807) is 18.2 Å². The van der Waals surface area contributed by atoms with Crippen molar-refractivity contribution >= 4 is 21.6 Å². The molecule has 0 unspecified atom stereocenters. The van der Waals surface area contributed by atoms with Crippen molar-refractivity contribution in [1.82, 2.24) is 9.97 Å². The highest BCUT2D eigenvalue weighted by Crippen LogP contribution is 2.19. The van der Waals surface area contributed by atoms with E-state index in [-0.39, 0.29) is 11.4 Å². The van der Waals surface area contributed by atoms with Gasteiger partial charge in [0, 0.05) is 5.56 Å². The first kappa shape index (κ1) is 10.2. The smallest absolute Gasteiger partial charge is 0.259 e. The Bertz CT molecular complexity index is 730. The molecule has 1 aromatic carbocycles. The van der Waals surface area contributed by atoms with Crippen molar-refractivity contribution in [3.63, 3.8) is 0 Å². The van der Waals surface area contributed by atoms with Gasteiger partial charge in [-0.1, -0.05) is 0 Å². The molecule has 3 rings (SSSR count). The van der Waals surface area contributed by atoms with Gasteiger partial charge in [-0.05, 0) is 35.7 Å². The summed E-state index contributed by atoms with van der Waals surface area (Å²) in [5.41, 5.74) is 0.523. The molecule has 0 bridgehead atoms. The number of fused-ring (bicyclic) bond motifs is 1. The van der Waals surface area contributed by atoms with Crippen LogP contribution in [0.25, 0.3) is 21.6 Å². The highest BCUT2D eigenvalue weighted by Gasteiger charge is 2.06. The Kier molecular flexibility index (Phi) is 2.26. The van der Waals surface area contributed by atoms with Crippen molar-refractivity contribution in [2.75, 3.05) is 0 Å². The minimum atomic E-state index is -0.312. The molecule has 2 heterocycles. The third-order valence-corrected chi connectivity index (χ3v) is 3.26. The van der Waals surface area contributed by atoms with Gasteiger partial charge in [0.05, 0.1) is 5.39 Å². The maximum absolute atomic E-state index is 12.8. The third kappa shape index (κ3) is 1.74. The zero-order valence-electron chi connectivity index (χ0n) is 8.61. The Morgan fingerprint density at radius 3 is 2.71 bits per heavy atom. The summed E-state index contributed by atoms with van der Waals surface area (Å²) in [6, 6.07) is 7.60. The highest BCUT2D eigenvalue weighted by molar-refractivity contribution is 7.16. The standard InChI is InChI=1S/C12H7FN2OS/c13-8-3-1-7(2-4-8)10-14-11(16)9-5-6-17-12(9)15-10/h1-6H,(H,14,15,16). The van der Waals surface area contributed by atoms with Crippen molar-refractivity contribution in [2.45, 2.75) is 0 Å². The molecule has 84 valence electrons. The van der Waals surface area contributed by atoms with Crippen LogP contribution in [0.5, 0.6) is 0 Å². The Morgan fingerprint density at radius 1 is 1.18 bits per heavy atom. The minimum absolute atomic E-state index is 0.171. The van der Waals surface area contributed by atoms with E-state index in [0.29, 0.717) is 21.6 Å². The molecule has 17 heavy (non-hydrogen) atoms. The van der Waals surface area contributed by atoms with Gasteiger partial charge in [0.2, 0.25) is 0 Å². The van der Waals surface area contributed by atoms with Crippen molar-refractivity contribution in [3.8, 4) is 11.4 Å². The summed E-state index contributed by atoms with van der Waals surface area (Å²) in [7, 11) is 0. The molecule has 0 aliphatic carbocycles. The zero-order chi connectivity index (χ0) is 11.8. The van der Waals surface area contributed by atoms with Crippen LogP contribution in [0.15, 0.2) is 40.5 Å². The van der Waals surface area contributed by atoms with E-state index in [0.717, 1.165) is 0 Å². The van der Waals surface area contributed by atoms with Crippen LogP contribution in [0.4, 0.5) is 4.39 Å². The van der Waals surface area contributed by atoms with E-state index in [1.807, 2.05) is 5.38 Å². The third-order valence-electron chi connectivity index (χ3n) is 2.45. The second-order valence-corrected chi connectivity index (χ2v) is 4.46. The molecule has 1 N–H and O–H groups in total. The van der Waals surface area contributed by atoms with Crippen LogP contribution < -0.4 is 5.56 Å². The number of aromatic nitrogens is 2. The SMILES string of the molecule is O=c1[nH]c(-c2ccc(F)cc2)nc2sccc12. The number of hydrogen-bond acceptors (Lipinski definition) is 3. The van der Waals surface area contributed by atoms with Gasteiger partial charge >= 0.3 is 0 Å². The second-order valence-electron chi connectivity index (χ2n) is 3.56. The quantitative estimate of drug-likeness (QED) is 0.717. The van der Waals surface area contributed by atoms with Gasteiger partial charge in [0.25, 0.3) is 5.56 Å². The Morgan fingerprint density at radius 2 is 1.94 bits per heavy atom. The first-order valence-corrected chi connectivity index (χ1v) is 5.85. The fourth-order valence-electron chi connectivity index (χ4n) is 1.61. The molecule has 0 atom stereocenters. The lowest BCUT2D eigenvalue weighted by Crippen LogP contribution is -2.07. The Labute approximate surface area is 99.6 Å². The molecule has 5 heteroatoms. The lowest BCUT2D eigenvalue weighted by atomic mass is 10.2. The summed E-state index contributed by atoms with van der Waals surface area (Å²) >= 11 is 1.41. The number of benzene rings is 1. The Balaban J connectivity index is 2.23. The van der Waals surface area contributed by atoms with Crippen LogP contribution in [0, 0.1) is 5.82 Å². The van der Waals surface area contributed by atoms with E-state index >= 15 is 0 Å². The largest absolute Gasteiger partial charge is 0.306 e. The maximum Gasteiger partial charge on any atom is 0.259 e. The molecule has 0 saturated heterocycles. The van der Waals surface area contributed by atoms with E-state index in [1.165, 1.54) is 23.5 Å². The number of nitrogens with one attached hydrogen (secondary N) is 1. The van der Waals surface area contributed by atoms with Gasteiger partial charge in [-0.15, -0.1) is 11.3 Å². The van der Waals surface area contributed by atoms with Crippen molar-refractivity contribution in [2.24, 2.45) is 0 Å². The van der Waals surface area contributed by atoms with E-state index in [2.05, 4.69) is 9.97 Å². The average molecular weight is 246 g/mol. The predicted octanol–water partition coefficient (Wildman–Crippen LogP) is 2.79. The summed E-state index contributed by atoms with van der Waals surface area (Å²) in [5, 5.41) is 2.40. The molecule has 3 nitrogen and oxygen atoms in total. The summed E-state index contributed by atoms with van der Waals surface area (Å²) in [5.74, 6) is 0.151. The summed E-state index contributed by atoms with van der Waals surface area (Å²) in [6.07, 6.45) is 0. The highest BCUT2D eigenvalue weighted by atomic mass is 32.1. The van der Waals surface area contributed by atoms with Crippen LogP contribution in [0.3, 0.4) is 0 Å². The fraction of sp³-hybridized carbons (Fsp3) is 0. The molecule has 0 aliphatic rings. The fourth-order valence-corrected chi connectivity index (χ4v) is 2.37. The zero-order valence-corrected chi connectivity index (χ0v) is 9.42. The molecular weight excluding hydrogens is 239 g/mol. The number of halogens is 1. The lowest BCUT2D eigenvalue weighted by Gasteiger charge is -2.00. The summed E-state index contributed by atoms with van der Waals surface area (Å²) < 4.78 is 12.8. The topological polar surface area (TPSA) is 45.8 Å². The van der Waals surface area contributed by atoms with E-state index in [4.69, 9.17) is 0 Å². The van der Waals surface area contributed by atoms with Crippen LogP contribution >= 0.6 is 11.3 Å². The van der Waals surface area contributed by atoms with Gasteiger partial charge in [0.1, 0.15) is 16.5 Å². The molecule has 0 fully saturated rings. The van der Waals surface area contributed by atoms with Crippen molar-refractivity contribution in [3.05, 3.63) is 51.9 Å². The first-order chi connectivity index (χ1) is 8.24. The van der Waals surface area contributed by atoms with Gasteiger partial charge in [0.15, 0.2) is 0 Å². The van der Waals surface area contributed by atoms with Crippen LogP contribution in [0.1, 0.15) is 0 Å². The molecule has 0 saturated carbocycles. The molecule has 3 aromatic rings. The number of aromatic amines is 1. The predicted molar refractivity (Wildman–Crippen MR) is 65.6 cm³/mol. The monoisotopic (exact) mass is 246 g/mol. The number of thiophene rings is 1. The van der Waals surface area contributed by atoms with Gasteiger partial charge in [-0.2, -0.15) is 0 Å². The normalized spacial score (nSPS) is 10.9. The number of rotatable bonds is 1. The van der Waals surface area contributed by atoms with Gasteiger partial charge in [-0.25, -0.2) is 9.37 Å². The summed E-state index contributed by atoms with van der Waals surface area (Å²) in [6.45, 7) is 0. The van der Waals surface area contributed by atoms with Gasteiger partial charge in [-0.3, -0.25) is 4.79 Å². The van der Waals surface area contributed by atoms with Crippen LogP contribution in [-0.2, 0) is 0 Å². The van der Waals surface area contributed by atoms with Gasteiger partial charge < -0.3 is 4.98 Å². The number of nitrogens with zero attached hydrogens (tertiary/aromatic N) is 1. The van der Waals surface area contributed by atoms with Crippen molar-refractivity contribution < 1.29 is 4.39 Å². The Hall–Kier alpha value is -2.01. The molecule has 2 aromatic heterocycles. The molecule has 0 spiro atoms. The minimum Gasteiger partial charge on any atom is -0.306 e. The van der Waals surface area contributed by atoms with E-state index in [9.17, 15) is 9.18 Å². The molecule has 0 amide bonds. The van der Waals surface area contributed by atoms with Crippen LogP contribution in [0.2, 0.25) is 0 Å². The summed E-state index contributed by atoms with van der Waals surface area (Å²) in [4.78, 5) is 19.5. The maximum atomic E-state index is 12.8. The van der Waals surface area contributed by atoms with Crippen LogP contribution in [-0.4, -0.2) is 9.97 Å². The molecule has 0 radical (unpaired) electrons. The lowest BCUT2D eigenvalue weighted by molar-refractivity contribution is 0.628.